The van der Waals surface area contributed by atoms with Gasteiger partial charge in [0.1, 0.15) is 5.25 Å². The molecule has 0 fully saturated rings. The first kappa shape index (κ1) is 21.3. The number of hydrogen-bond acceptors (Lipinski definition) is 7. The molecule has 0 aliphatic carbocycles. The molecule has 8 nitrogen and oxygen atoms in total. The van der Waals surface area contributed by atoms with Crippen molar-refractivity contribution in [2.24, 2.45) is 10.7 Å². The van der Waals surface area contributed by atoms with E-state index in [1.54, 1.807) is 12.1 Å². The van der Waals surface area contributed by atoms with E-state index >= 15 is 0 Å². The van der Waals surface area contributed by atoms with E-state index in [-0.39, 0.29) is 35.4 Å². The molecule has 154 valence electrons. The topological polar surface area (TPSA) is 128 Å². The molecule has 9 heteroatoms. The molecule has 0 spiro atoms. The number of ketones is 1. The summed E-state index contributed by atoms with van der Waals surface area (Å²) in [5, 5.41) is 2.18. The highest BCUT2D eigenvalue weighted by Crippen LogP contribution is 2.23. The highest BCUT2D eigenvalue weighted by atomic mass is 32.2. The molecule has 0 bridgehead atoms. The van der Waals surface area contributed by atoms with Crippen molar-refractivity contribution in [2.75, 3.05) is 11.9 Å². The molecule has 0 radical (unpaired) electrons. The zero-order chi connectivity index (χ0) is 21.7. The van der Waals surface area contributed by atoms with Crippen molar-refractivity contribution in [1.82, 2.24) is 0 Å². The normalized spacial score (nSPS) is 15.4. The second-order valence-corrected chi connectivity index (χ2v) is 7.81. The Morgan fingerprint density at radius 2 is 1.70 bits per heavy atom. The van der Waals surface area contributed by atoms with Crippen LogP contribution >= 0.6 is 11.8 Å². The van der Waals surface area contributed by atoms with Gasteiger partial charge in [0.2, 0.25) is 5.91 Å². The fourth-order valence-electron chi connectivity index (χ4n) is 2.64. The number of aryl methyl sites for hydroxylation is 1. The monoisotopic (exact) mass is 425 g/mol. The van der Waals surface area contributed by atoms with Crippen LogP contribution in [0, 0.1) is 6.92 Å². The fraction of sp³-hybridized carbons (Fsp3) is 0.190. The number of nitrogens with one attached hydrogen (secondary N) is 1. The minimum absolute atomic E-state index is 0.0569. The summed E-state index contributed by atoms with van der Waals surface area (Å²) >= 11 is 1.05. The minimum Gasteiger partial charge on any atom is -0.454 e. The van der Waals surface area contributed by atoms with E-state index < -0.39 is 17.1 Å². The van der Waals surface area contributed by atoms with Crippen molar-refractivity contribution in [1.29, 1.82) is 0 Å². The van der Waals surface area contributed by atoms with Crippen molar-refractivity contribution < 1.29 is 23.9 Å². The number of nitrogens with zero attached hydrogens (tertiary/aromatic N) is 1. The van der Waals surface area contributed by atoms with Crippen LogP contribution in [0.1, 0.15) is 32.7 Å². The van der Waals surface area contributed by atoms with Gasteiger partial charge >= 0.3 is 5.97 Å². The van der Waals surface area contributed by atoms with Gasteiger partial charge < -0.3 is 15.8 Å². The van der Waals surface area contributed by atoms with E-state index in [0.717, 1.165) is 17.3 Å². The second kappa shape index (κ2) is 9.36. The molecular weight excluding hydrogens is 406 g/mol. The molecule has 1 heterocycles. The number of aliphatic imine (C=N–C) groups is 1. The maximum Gasteiger partial charge on any atom is 0.338 e. The Morgan fingerprint density at radius 1 is 1.07 bits per heavy atom. The van der Waals surface area contributed by atoms with Crippen LogP contribution in [0.15, 0.2) is 53.5 Å². The summed E-state index contributed by atoms with van der Waals surface area (Å²) in [4.78, 5) is 51.4. The molecular formula is C21H19N3O5S. The number of thioether (sulfide) groups is 1. The predicted octanol–water partition coefficient (Wildman–Crippen LogP) is 2.32. The lowest BCUT2D eigenvalue weighted by Gasteiger charge is -2.09. The zero-order valence-electron chi connectivity index (χ0n) is 16.1. The highest BCUT2D eigenvalue weighted by molar-refractivity contribution is 8.15. The third-order valence-corrected chi connectivity index (χ3v) is 5.23. The van der Waals surface area contributed by atoms with Crippen LogP contribution in [0.5, 0.6) is 0 Å². The Bertz CT molecular complexity index is 1020. The summed E-state index contributed by atoms with van der Waals surface area (Å²) in [6, 6.07) is 13.0. The SMILES string of the molecule is Cc1ccc(C(=O)COC(=O)c2ccc(NC(=O)C[C@@H]3SC(N)=NC3=O)cc2)cc1. The molecule has 2 aromatic rings. The van der Waals surface area contributed by atoms with Gasteiger partial charge in [-0.05, 0) is 31.2 Å². The Balaban J connectivity index is 1.49. The van der Waals surface area contributed by atoms with E-state index in [9.17, 15) is 19.2 Å². The number of nitrogens with two attached hydrogens (primary N) is 1. The van der Waals surface area contributed by atoms with Crippen LogP contribution in [-0.4, -0.2) is 40.6 Å². The maximum absolute atomic E-state index is 12.1. The molecule has 30 heavy (non-hydrogen) atoms. The smallest absolute Gasteiger partial charge is 0.338 e. The molecule has 0 aromatic heterocycles. The Labute approximate surface area is 176 Å². The van der Waals surface area contributed by atoms with E-state index in [1.165, 1.54) is 24.3 Å². The Morgan fingerprint density at radius 3 is 2.30 bits per heavy atom. The summed E-state index contributed by atoms with van der Waals surface area (Å²) in [5.41, 5.74) is 7.66. The molecule has 2 aromatic carbocycles. The van der Waals surface area contributed by atoms with E-state index in [1.807, 2.05) is 19.1 Å². The van der Waals surface area contributed by atoms with Crippen LogP contribution in [0.25, 0.3) is 0 Å². The van der Waals surface area contributed by atoms with Gasteiger partial charge in [-0.2, -0.15) is 4.99 Å². The van der Waals surface area contributed by atoms with Crippen LogP contribution in [0.3, 0.4) is 0 Å². The van der Waals surface area contributed by atoms with Crippen LogP contribution in [0.4, 0.5) is 5.69 Å². The lowest BCUT2D eigenvalue weighted by Crippen LogP contribution is -2.21. The van der Waals surface area contributed by atoms with E-state index in [2.05, 4.69) is 10.3 Å². The van der Waals surface area contributed by atoms with E-state index in [0.29, 0.717) is 11.3 Å². The summed E-state index contributed by atoms with van der Waals surface area (Å²) in [6.45, 7) is 1.55. The molecule has 0 unspecified atom stereocenters. The van der Waals surface area contributed by atoms with Gasteiger partial charge in [0, 0.05) is 17.7 Å². The number of Topliss-reactive ketones (excluding diaryl/α,β-unsaturated/α-hetero) is 1. The molecule has 3 rings (SSSR count). The Kier molecular flexibility index (Phi) is 6.63. The number of rotatable bonds is 7. The molecule has 1 atom stereocenters. The molecule has 1 aliphatic heterocycles. The molecule has 0 saturated heterocycles. The van der Waals surface area contributed by atoms with Crippen molar-refractivity contribution in [3.05, 3.63) is 65.2 Å². The first-order chi connectivity index (χ1) is 14.3. The van der Waals surface area contributed by atoms with Gasteiger partial charge in [-0.25, -0.2) is 4.79 Å². The number of carbonyl (C=O) groups excluding carboxylic acids is 4. The number of carbonyl (C=O) groups is 4. The van der Waals surface area contributed by atoms with Crippen LogP contribution < -0.4 is 11.1 Å². The van der Waals surface area contributed by atoms with Gasteiger partial charge in [0.25, 0.3) is 5.91 Å². The lowest BCUT2D eigenvalue weighted by molar-refractivity contribution is -0.121. The quantitative estimate of drug-likeness (QED) is 0.515. The van der Waals surface area contributed by atoms with Crippen LogP contribution in [-0.2, 0) is 14.3 Å². The molecule has 3 N–H and O–H groups in total. The fourth-order valence-corrected chi connectivity index (χ4v) is 3.46. The summed E-state index contributed by atoms with van der Waals surface area (Å²) in [6.07, 6.45) is -0.0569. The largest absolute Gasteiger partial charge is 0.454 e. The van der Waals surface area contributed by atoms with Crippen LogP contribution in [0.2, 0.25) is 0 Å². The summed E-state index contributed by atoms with van der Waals surface area (Å²) in [7, 11) is 0. The third-order valence-electron chi connectivity index (χ3n) is 4.24. The standard InChI is InChI=1S/C21H19N3O5S/c1-12-2-4-13(5-3-12)16(25)11-29-20(28)14-6-8-15(9-7-14)23-18(26)10-17-19(27)24-21(22)30-17/h2-9,17H,10-11H2,1H3,(H,23,26)(H2,22,24,27)/t17-/m0/s1. The number of amidine groups is 1. The Hall–Kier alpha value is -3.46. The van der Waals surface area contributed by atoms with Gasteiger partial charge in [-0.15, -0.1) is 0 Å². The number of hydrogen-bond donors (Lipinski definition) is 2. The third kappa shape index (κ3) is 5.54. The summed E-state index contributed by atoms with van der Waals surface area (Å²) in [5.74, 6) is -1.74. The van der Waals surface area contributed by atoms with Crippen molar-refractivity contribution >= 4 is 46.2 Å². The predicted molar refractivity (Wildman–Crippen MR) is 113 cm³/mol. The maximum atomic E-state index is 12.1. The van der Waals surface area contributed by atoms with Gasteiger partial charge in [-0.3, -0.25) is 14.4 Å². The highest BCUT2D eigenvalue weighted by Gasteiger charge is 2.29. The van der Waals surface area contributed by atoms with Crippen molar-refractivity contribution in [2.45, 2.75) is 18.6 Å². The first-order valence-corrected chi connectivity index (χ1v) is 9.91. The second-order valence-electron chi connectivity index (χ2n) is 6.59. The van der Waals surface area contributed by atoms with Crippen molar-refractivity contribution in [3.8, 4) is 0 Å². The number of anilines is 1. The number of esters is 1. The average Bonchev–Trinajstić information content (AvgIpc) is 3.03. The van der Waals surface area contributed by atoms with E-state index in [4.69, 9.17) is 10.5 Å². The van der Waals surface area contributed by atoms with Gasteiger partial charge in [0.05, 0.1) is 5.56 Å². The van der Waals surface area contributed by atoms with Gasteiger partial charge in [0.15, 0.2) is 17.6 Å². The first-order valence-electron chi connectivity index (χ1n) is 9.03. The minimum atomic E-state index is -0.645. The van der Waals surface area contributed by atoms with Crippen molar-refractivity contribution in [3.63, 3.8) is 0 Å². The number of benzene rings is 2. The number of ether oxygens (including phenoxy) is 1. The summed E-state index contributed by atoms with van der Waals surface area (Å²) < 4.78 is 5.07. The van der Waals surface area contributed by atoms with Gasteiger partial charge in [-0.1, -0.05) is 41.6 Å². The number of amides is 2. The molecule has 1 aliphatic rings. The zero-order valence-corrected chi connectivity index (χ0v) is 16.9. The average molecular weight is 425 g/mol. The molecule has 2 amide bonds. The molecule has 0 saturated carbocycles. The lowest BCUT2D eigenvalue weighted by atomic mass is 10.1.